The molecule has 1 aliphatic carbocycles. The predicted molar refractivity (Wildman–Crippen MR) is 96.0 cm³/mol. The van der Waals surface area contributed by atoms with Gasteiger partial charge in [0.2, 0.25) is 0 Å². The van der Waals surface area contributed by atoms with Crippen molar-refractivity contribution >= 4 is 17.6 Å². The van der Waals surface area contributed by atoms with Crippen molar-refractivity contribution in [1.29, 1.82) is 5.26 Å². The van der Waals surface area contributed by atoms with Crippen LogP contribution in [0, 0.1) is 23.2 Å². The minimum atomic E-state index is -0.166. The number of carbonyl (C=O) groups excluding carboxylic acids is 1. The predicted octanol–water partition coefficient (Wildman–Crippen LogP) is 5.89. The lowest BCUT2D eigenvalue weighted by Crippen LogP contribution is -2.25. The third-order valence-electron chi connectivity index (χ3n) is 4.93. The van der Waals surface area contributed by atoms with Gasteiger partial charge < -0.3 is 4.74 Å². The van der Waals surface area contributed by atoms with Crippen LogP contribution in [0.25, 0.3) is 0 Å². The Kier molecular flexibility index (Phi) is 7.59. The van der Waals surface area contributed by atoms with Crippen molar-refractivity contribution in [3.05, 3.63) is 28.8 Å². The van der Waals surface area contributed by atoms with Gasteiger partial charge in [0, 0.05) is 6.07 Å². The van der Waals surface area contributed by atoms with Gasteiger partial charge in [-0.1, -0.05) is 50.6 Å². The van der Waals surface area contributed by atoms with E-state index >= 15 is 0 Å². The molecule has 0 amide bonds. The number of rotatable bonds is 7. The first-order valence-corrected chi connectivity index (χ1v) is 9.43. The van der Waals surface area contributed by atoms with Crippen LogP contribution in [0.1, 0.15) is 70.3 Å². The number of halogens is 1. The third kappa shape index (κ3) is 5.53. The molecule has 0 N–H and O–H groups in total. The highest BCUT2D eigenvalue weighted by Crippen LogP contribution is 2.33. The second kappa shape index (κ2) is 9.69. The summed E-state index contributed by atoms with van der Waals surface area (Å²) < 4.78 is 5.45. The average molecular weight is 348 g/mol. The van der Waals surface area contributed by atoms with Gasteiger partial charge in [0.25, 0.3) is 0 Å². The topological polar surface area (TPSA) is 50.1 Å². The molecule has 1 aromatic carbocycles. The van der Waals surface area contributed by atoms with E-state index < -0.39 is 0 Å². The Labute approximate surface area is 150 Å². The van der Waals surface area contributed by atoms with Gasteiger partial charge >= 0.3 is 5.97 Å². The van der Waals surface area contributed by atoms with Crippen LogP contribution in [0.4, 0.5) is 0 Å². The molecule has 1 saturated carbocycles. The highest BCUT2D eigenvalue weighted by molar-refractivity contribution is 6.31. The van der Waals surface area contributed by atoms with E-state index in [9.17, 15) is 4.79 Å². The van der Waals surface area contributed by atoms with Crippen LogP contribution in [0.5, 0.6) is 5.75 Å². The van der Waals surface area contributed by atoms with Crippen LogP contribution in [0.15, 0.2) is 18.2 Å². The number of carbonyl (C=O) groups is 1. The molecule has 2 rings (SSSR count). The van der Waals surface area contributed by atoms with E-state index in [0.29, 0.717) is 16.3 Å². The SMILES string of the molecule is CCCCCCC1CCC(C(=O)Oc2ccc(C#N)c(Cl)c2)CC1. The van der Waals surface area contributed by atoms with E-state index in [4.69, 9.17) is 21.6 Å². The smallest absolute Gasteiger partial charge is 0.314 e. The maximum absolute atomic E-state index is 12.3. The molecule has 1 aromatic rings. The minimum absolute atomic E-state index is 0.00805. The van der Waals surface area contributed by atoms with Gasteiger partial charge in [-0.15, -0.1) is 0 Å². The molecule has 0 atom stereocenters. The molecule has 1 aliphatic rings. The van der Waals surface area contributed by atoms with Crippen molar-refractivity contribution in [2.45, 2.75) is 64.7 Å². The summed E-state index contributed by atoms with van der Waals surface area (Å²) >= 11 is 5.97. The monoisotopic (exact) mass is 347 g/mol. The fraction of sp³-hybridized carbons (Fsp3) is 0.600. The third-order valence-corrected chi connectivity index (χ3v) is 5.24. The summed E-state index contributed by atoms with van der Waals surface area (Å²) in [6.07, 6.45) is 10.6. The molecule has 0 bridgehead atoms. The summed E-state index contributed by atoms with van der Waals surface area (Å²) in [6.45, 7) is 2.23. The van der Waals surface area contributed by atoms with Crippen LogP contribution in [0.2, 0.25) is 5.02 Å². The number of benzene rings is 1. The molecule has 4 heteroatoms. The van der Waals surface area contributed by atoms with Crippen molar-refractivity contribution in [3.8, 4) is 11.8 Å². The fourth-order valence-electron chi connectivity index (χ4n) is 3.40. The number of ether oxygens (including phenoxy) is 1. The Balaban J connectivity index is 1.76. The summed E-state index contributed by atoms with van der Waals surface area (Å²) in [7, 11) is 0. The molecule has 0 heterocycles. The van der Waals surface area contributed by atoms with E-state index in [1.807, 2.05) is 6.07 Å². The Morgan fingerprint density at radius 3 is 2.62 bits per heavy atom. The summed E-state index contributed by atoms with van der Waals surface area (Å²) in [5, 5.41) is 9.19. The average Bonchev–Trinajstić information content (AvgIpc) is 2.59. The highest BCUT2D eigenvalue weighted by atomic mass is 35.5. The fourth-order valence-corrected chi connectivity index (χ4v) is 3.61. The Morgan fingerprint density at radius 1 is 1.25 bits per heavy atom. The lowest BCUT2D eigenvalue weighted by molar-refractivity contribution is -0.140. The van der Waals surface area contributed by atoms with Crippen LogP contribution in [0.3, 0.4) is 0 Å². The van der Waals surface area contributed by atoms with Crippen molar-refractivity contribution in [1.82, 2.24) is 0 Å². The normalized spacial score (nSPS) is 20.4. The molecule has 0 saturated heterocycles. The quantitative estimate of drug-likeness (QED) is 0.351. The number of nitrogens with zero attached hydrogens (tertiary/aromatic N) is 1. The number of nitriles is 1. The molecule has 24 heavy (non-hydrogen) atoms. The molecule has 0 aromatic heterocycles. The first-order chi connectivity index (χ1) is 11.6. The number of hydrogen-bond donors (Lipinski definition) is 0. The van der Waals surface area contributed by atoms with Gasteiger partial charge in [0.1, 0.15) is 11.8 Å². The zero-order chi connectivity index (χ0) is 17.4. The second-order valence-corrected chi connectivity index (χ2v) is 7.15. The molecule has 0 spiro atoms. The Hall–Kier alpha value is -1.53. The van der Waals surface area contributed by atoms with E-state index in [1.165, 1.54) is 38.2 Å². The maximum Gasteiger partial charge on any atom is 0.314 e. The lowest BCUT2D eigenvalue weighted by Gasteiger charge is -2.27. The zero-order valence-electron chi connectivity index (χ0n) is 14.4. The van der Waals surface area contributed by atoms with Crippen LogP contribution >= 0.6 is 11.6 Å². The van der Waals surface area contributed by atoms with Gasteiger partial charge in [-0.2, -0.15) is 5.26 Å². The highest BCUT2D eigenvalue weighted by Gasteiger charge is 2.27. The molecule has 1 fully saturated rings. The van der Waals surface area contributed by atoms with Crippen molar-refractivity contribution in [2.75, 3.05) is 0 Å². The first-order valence-electron chi connectivity index (χ1n) is 9.05. The number of esters is 1. The van der Waals surface area contributed by atoms with E-state index in [-0.39, 0.29) is 11.9 Å². The zero-order valence-corrected chi connectivity index (χ0v) is 15.1. The number of unbranched alkanes of at least 4 members (excludes halogenated alkanes) is 3. The molecule has 130 valence electrons. The Morgan fingerprint density at radius 2 is 2.00 bits per heavy atom. The largest absolute Gasteiger partial charge is 0.426 e. The van der Waals surface area contributed by atoms with Gasteiger partial charge in [0.05, 0.1) is 16.5 Å². The number of hydrogen-bond acceptors (Lipinski definition) is 3. The van der Waals surface area contributed by atoms with Crippen LogP contribution < -0.4 is 4.74 Å². The Bertz CT molecular complexity index is 586. The van der Waals surface area contributed by atoms with Crippen LogP contribution in [-0.4, -0.2) is 5.97 Å². The second-order valence-electron chi connectivity index (χ2n) is 6.74. The first kappa shape index (κ1) is 18.8. The summed E-state index contributed by atoms with van der Waals surface area (Å²) in [4.78, 5) is 12.3. The summed E-state index contributed by atoms with van der Waals surface area (Å²) in [5.74, 6) is 1.02. The molecule has 0 aliphatic heterocycles. The van der Waals surface area contributed by atoms with Gasteiger partial charge in [-0.25, -0.2) is 0 Å². The van der Waals surface area contributed by atoms with Crippen LogP contribution in [-0.2, 0) is 4.79 Å². The molecule has 0 unspecified atom stereocenters. The van der Waals surface area contributed by atoms with Crippen molar-refractivity contribution in [2.24, 2.45) is 11.8 Å². The molecule has 0 radical (unpaired) electrons. The summed E-state index contributed by atoms with van der Waals surface area (Å²) in [5.41, 5.74) is 0.389. The molecular weight excluding hydrogens is 322 g/mol. The van der Waals surface area contributed by atoms with Crippen molar-refractivity contribution in [3.63, 3.8) is 0 Å². The summed E-state index contributed by atoms with van der Waals surface area (Å²) in [6, 6.07) is 6.74. The van der Waals surface area contributed by atoms with Crippen molar-refractivity contribution < 1.29 is 9.53 Å². The minimum Gasteiger partial charge on any atom is -0.426 e. The van der Waals surface area contributed by atoms with E-state index in [2.05, 4.69) is 6.92 Å². The maximum atomic E-state index is 12.3. The van der Waals surface area contributed by atoms with Gasteiger partial charge in [-0.05, 0) is 43.7 Å². The van der Waals surface area contributed by atoms with Gasteiger partial charge in [-0.3, -0.25) is 4.79 Å². The van der Waals surface area contributed by atoms with Gasteiger partial charge in [0.15, 0.2) is 0 Å². The molecular formula is C20H26ClNO2. The van der Waals surface area contributed by atoms with E-state index in [0.717, 1.165) is 31.6 Å². The van der Waals surface area contributed by atoms with E-state index in [1.54, 1.807) is 12.1 Å². The standard InChI is InChI=1S/C20H26ClNO2/c1-2-3-4-5-6-15-7-9-16(10-8-15)20(23)24-18-12-11-17(14-22)19(21)13-18/h11-13,15-16H,2-10H2,1H3. The lowest BCUT2D eigenvalue weighted by atomic mass is 9.80. The molecule has 3 nitrogen and oxygen atoms in total.